The number of nitrogens with one attached hydrogen (secondary N) is 1. The maximum absolute atomic E-state index is 13.4. The van der Waals surface area contributed by atoms with Crippen molar-refractivity contribution in [1.29, 1.82) is 0 Å². The molecule has 2 aromatic rings. The fraction of sp³-hybridized carbons (Fsp3) is 0.333. The summed E-state index contributed by atoms with van der Waals surface area (Å²) in [7, 11) is 0. The van der Waals surface area contributed by atoms with Gasteiger partial charge in [-0.1, -0.05) is 48.0 Å². The first-order valence-electron chi connectivity index (χ1n) is 11.5. The van der Waals surface area contributed by atoms with Crippen LogP contribution in [0.15, 0.2) is 65.5 Å². The number of hydrogen-bond donors (Lipinski definition) is 2. The number of benzene rings is 2. The highest BCUT2D eigenvalue weighted by molar-refractivity contribution is 6.32. The monoisotopic (exact) mass is 481 g/mol. The first-order valence-corrected chi connectivity index (χ1v) is 11.8. The second kappa shape index (κ2) is 10.3. The molecule has 6 nitrogen and oxygen atoms in total. The molecule has 0 saturated heterocycles. The van der Waals surface area contributed by atoms with E-state index in [0.717, 1.165) is 11.3 Å². The molecule has 1 heterocycles. The highest BCUT2D eigenvalue weighted by atomic mass is 35.5. The van der Waals surface area contributed by atoms with Gasteiger partial charge in [0.15, 0.2) is 11.5 Å². The van der Waals surface area contributed by atoms with Crippen molar-refractivity contribution in [2.75, 3.05) is 13.2 Å². The summed E-state index contributed by atoms with van der Waals surface area (Å²) in [6.07, 6.45) is 3.64. The lowest BCUT2D eigenvalue weighted by molar-refractivity contribution is -0.139. The first-order chi connectivity index (χ1) is 16.4. The third kappa shape index (κ3) is 4.82. The van der Waals surface area contributed by atoms with Crippen LogP contribution in [0.5, 0.6) is 11.5 Å². The SMILES string of the molecule is CCOc1cc(C2C(C(=O)OCCc3ccccc3)=C(C)NC3=CCCC(=O)C32)cc(Cl)c1O. The Morgan fingerprint density at radius 3 is 2.71 bits per heavy atom. The predicted octanol–water partition coefficient (Wildman–Crippen LogP) is 5.05. The van der Waals surface area contributed by atoms with Crippen LogP contribution in [0.1, 0.15) is 43.7 Å². The Hall–Kier alpha value is -3.25. The average molecular weight is 482 g/mol. The minimum absolute atomic E-state index is 0.0410. The Bertz CT molecular complexity index is 1160. The Morgan fingerprint density at radius 2 is 1.97 bits per heavy atom. The number of ketones is 1. The molecule has 178 valence electrons. The lowest BCUT2D eigenvalue weighted by atomic mass is 9.71. The summed E-state index contributed by atoms with van der Waals surface area (Å²) in [6, 6.07) is 13.0. The van der Waals surface area contributed by atoms with Gasteiger partial charge in [0.05, 0.1) is 29.7 Å². The van der Waals surface area contributed by atoms with Gasteiger partial charge in [-0.05, 0) is 43.5 Å². The van der Waals surface area contributed by atoms with Crippen molar-refractivity contribution in [3.8, 4) is 11.5 Å². The normalized spacial score (nSPS) is 19.7. The number of carbonyl (C=O) groups is 2. The van der Waals surface area contributed by atoms with Crippen molar-refractivity contribution >= 4 is 23.4 Å². The summed E-state index contributed by atoms with van der Waals surface area (Å²) < 4.78 is 11.2. The molecular weight excluding hydrogens is 454 g/mol. The Balaban J connectivity index is 1.71. The molecule has 2 atom stereocenters. The van der Waals surface area contributed by atoms with Crippen molar-refractivity contribution in [2.24, 2.45) is 5.92 Å². The zero-order valence-corrected chi connectivity index (χ0v) is 20.0. The number of ether oxygens (including phenoxy) is 2. The van der Waals surface area contributed by atoms with Gasteiger partial charge in [0.2, 0.25) is 0 Å². The highest BCUT2D eigenvalue weighted by Gasteiger charge is 2.43. The number of aromatic hydroxyl groups is 1. The number of halogens is 1. The van der Waals surface area contributed by atoms with Gasteiger partial charge < -0.3 is 19.9 Å². The van der Waals surface area contributed by atoms with Crippen molar-refractivity contribution in [3.63, 3.8) is 0 Å². The van der Waals surface area contributed by atoms with Crippen LogP contribution < -0.4 is 10.1 Å². The van der Waals surface area contributed by atoms with Crippen LogP contribution in [0.25, 0.3) is 0 Å². The number of phenolic OH excluding ortho intramolecular Hbond substituents is 1. The van der Waals surface area contributed by atoms with E-state index in [4.69, 9.17) is 21.1 Å². The van der Waals surface area contributed by atoms with Gasteiger partial charge in [-0.3, -0.25) is 4.79 Å². The van der Waals surface area contributed by atoms with Crippen molar-refractivity contribution in [1.82, 2.24) is 5.32 Å². The fourth-order valence-corrected chi connectivity index (χ4v) is 4.89. The number of hydrogen-bond acceptors (Lipinski definition) is 6. The maximum atomic E-state index is 13.4. The Kier molecular flexibility index (Phi) is 7.27. The van der Waals surface area contributed by atoms with Crippen LogP contribution >= 0.6 is 11.6 Å². The molecule has 0 aromatic heterocycles. The van der Waals surface area contributed by atoms with E-state index >= 15 is 0 Å². The molecule has 0 saturated carbocycles. The van der Waals surface area contributed by atoms with Crippen LogP contribution in [0.3, 0.4) is 0 Å². The standard InChI is InChI=1S/C27H28ClNO5/c1-3-33-22-15-18(14-19(28)26(22)31)24-23(16(2)29-20-10-7-11-21(30)25(20)24)27(32)34-13-12-17-8-5-4-6-9-17/h4-6,8-10,14-15,24-25,29,31H,3,7,11-13H2,1-2H3. The van der Waals surface area contributed by atoms with Gasteiger partial charge in [-0.25, -0.2) is 4.79 Å². The van der Waals surface area contributed by atoms with E-state index in [2.05, 4.69) is 5.32 Å². The average Bonchev–Trinajstić information content (AvgIpc) is 2.82. The van der Waals surface area contributed by atoms with Gasteiger partial charge in [-0.2, -0.15) is 0 Å². The van der Waals surface area contributed by atoms with Crippen LogP contribution in [-0.4, -0.2) is 30.1 Å². The summed E-state index contributed by atoms with van der Waals surface area (Å²) in [4.78, 5) is 26.4. The number of Topliss-reactive ketones (excluding diaryl/α,β-unsaturated/α-hetero) is 1. The van der Waals surface area contributed by atoms with Gasteiger partial charge in [0.1, 0.15) is 5.78 Å². The van der Waals surface area contributed by atoms with Crippen molar-refractivity contribution < 1.29 is 24.2 Å². The molecule has 0 radical (unpaired) electrons. The molecule has 0 amide bonds. The molecule has 0 spiro atoms. The quantitative estimate of drug-likeness (QED) is 0.538. The predicted molar refractivity (Wildman–Crippen MR) is 130 cm³/mol. The van der Waals surface area contributed by atoms with Crippen molar-refractivity contribution in [2.45, 2.75) is 39.0 Å². The Labute approximate surface area is 204 Å². The van der Waals surface area contributed by atoms with Gasteiger partial charge in [-0.15, -0.1) is 0 Å². The number of fused-ring (bicyclic) bond motifs is 1. The number of esters is 1. The zero-order chi connectivity index (χ0) is 24.2. The van der Waals surface area contributed by atoms with Crippen LogP contribution in [0, 0.1) is 5.92 Å². The Morgan fingerprint density at radius 1 is 1.21 bits per heavy atom. The van der Waals surface area contributed by atoms with Crippen LogP contribution in [0.2, 0.25) is 5.02 Å². The van der Waals surface area contributed by atoms with Gasteiger partial charge >= 0.3 is 5.97 Å². The molecule has 2 aromatic carbocycles. The van der Waals surface area contributed by atoms with E-state index in [1.54, 1.807) is 19.1 Å². The van der Waals surface area contributed by atoms with Crippen molar-refractivity contribution in [3.05, 3.63) is 81.7 Å². The van der Waals surface area contributed by atoms with E-state index in [-0.39, 0.29) is 28.9 Å². The molecule has 2 aliphatic rings. The van der Waals surface area contributed by atoms with Crippen LogP contribution in [0.4, 0.5) is 0 Å². The summed E-state index contributed by atoms with van der Waals surface area (Å²) in [5.74, 6) is -1.57. The lowest BCUT2D eigenvalue weighted by Gasteiger charge is -2.38. The second-order valence-corrected chi connectivity index (χ2v) is 8.84. The maximum Gasteiger partial charge on any atom is 0.336 e. The van der Waals surface area contributed by atoms with E-state index < -0.39 is 17.8 Å². The van der Waals surface area contributed by atoms with E-state index in [9.17, 15) is 14.7 Å². The zero-order valence-electron chi connectivity index (χ0n) is 19.3. The van der Waals surface area contributed by atoms with E-state index in [0.29, 0.717) is 42.7 Å². The topological polar surface area (TPSA) is 84.9 Å². The summed E-state index contributed by atoms with van der Waals surface area (Å²) in [6.45, 7) is 4.16. The summed E-state index contributed by atoms with van der Waals surface area (Å²) in [5.41, 5.74) is 3.48. The van der Waals surface area contributed by atoms with Crippen LogP contribution in [-0.2, 0) is 20.7 Å². The minimum atomic E-state index is -0.609. The van der Waals surface area contributed by atoms with Gasteiger partial charge in [0.25, 0.3) is 0 Å². The molecule has 2 unspecified atom stereocenters. The summed E-state index contributed by atoms with van der Waals surface area (Å²) in [5, 5.41) is 13.7. The molecule has 1 aliphatic heterocycles. The molecule has 1 aliphatic carbocycles. The number of rotatable bonds is 7. The van der Waals surface area contributed by atoms with E-state index in [1.807, 2.05) is 43.3 Å². The summed E-state index contributed by atoms with van der Waals surface area (Å²) >= 11 is 6.32. The molecular formula is C27H28ClNO5. The number of phenols is 1. The smallest absolute Gasteiger partial charge is 0.336 e. The lowest BCUT2D eigenvalue weighted by Crippen LogP contribution is -2.40. The molecule has 0 bridgehead atoms. The first kappa shape index (κ1) is 23.9. The highest BCUT2D eigenvalue weighted by Crippen LogP contribution is 2.47. The largest absolute Gasteiger partial charge is 0.503 e. The number of carbonyl (C=O) groups excluding carboxylic acids is 2. The molecule has 7 heteroatoms. The molecule has 2 N–H and O–H groups in total. The third-order valence-electron chi connectivity index (χ3n) is 6.21. The van der Waals surface area contributed by atoms with E-state index in [1.165, 1.54) is 0 Å². The fourth-order valence-electron chi connectivity index (χ4n) is 4.67. The molecule has 4 rings (SSSR count). The van der Waals surface area contributed by atoms with Gasteiger partial charge in [0, 0.05) is 30.2 Å². The second-order valence-electron chi connectivity index (χ2n) is 8.44. The third-order valence-corrected chi connectivity index (χ3v) is 6.50. The minimum Gasteiger partial charge on any atom is -0.503 e. The molecule has 34 heavy (non-hydrogen) atoms. The number of allylic oxidation sites excluding steroid dienone is 3. The molecule has 0 fully saturated rings.